The molecule has 0 unspecified atom stereocenters. The van der Waals surface area contributed by atoms with Gasteiger partial charge in [-0.2, -0.15) is 0 Å². The van der Waals surface area contributed by atoms with Crippen LogP contribution in [-0.2, 0) is 4.79 Å². The Labute approximate surface area is 118 Å². The summed E-state index contributed by atoms with van der Waals surface area (Å²) in [6.07, 6.45) is 1.94. The van der Waals surface area contributed by atoms with Crippen LogP contribution in [0.5, 0.6) is 5.75 Å². The second-order valence-corrected chi connectivity index (χ2v) is 5.04. The van der Waals surface area contributed by atoms with Crippen LogP contribution in [0.2, 0.25) is 0 Å². The van der Waals surface area contributed by atoms with Crippen molar-refractivity contribution in [3.63, 3.8) is 0 Å². The van der Waals surface area contributed by atoms with Gasteiger partial charge < -0.3 is 14.7 Å². The molecule has 4 nitrogen and oxygen atoms in total. The van der Waals surface area contributed by atoms with Gasteiger partial charge >= 0.3 is 0 Å². The number of benzene rings is 1. The van der Waals surface area contributed by atoms with Crippen LogP contribution in [-0.4, -0.2) is 42.2 Å². The van der Waals surface area contributed by atoms with Crippen molar-refractivity contribution < 1.29 is 19.0 Å². The van der Waals surface area contributed by atoms with Crippen molar-refractivity contribution >= 4 is 5.91 Å². The molecule has 5 heteroatoms. The molecule has 0 radical (unpaired) electrons. The lowest BCUT2D eigenvalue weighted by atomic mass is 9.98. The number of hydrogen-bond acceptors (Lipinski definition) is 3. The molecule has 1 amide bonds. The van der Waals surface area contributed by atoms with E-state index in [1.807, 2.05) is 0 Å². The van der Waals surface area contributed by atoms with Crippen molar-refractivity contribution in [1.29, 1.82) is 0 Å². The second kappa shape index (κ2) is 7.24. The Hall–Kier alpha value is -1.62. The molecular formula is C15H20FNO3. The average Bonchev–Trinajstić information content (AvgIpc) is 2.49. The maximum atomic E-state index is 13.3. The molecule has 1 aromatic carbocycles. The summed E-state index contributed by atoms with van der Waals surface area (Å²) in [6, 6.07) is 6.17. The largest absolute Gasteiger partial charge is 0.490 e. The summed E-state index contributed by atoms with van der Waals surface area (Å²) in [6.45, 7) is 1.74. The zero-order chi connectivity index (χ0) is 14.4. The fourth-order valence-electron chi connectivity index (χ4n) is 2.33. The van der Waals surface area contributed by atoms with Crippen LogP contribution in [0.4, 0.5) is 4.39 Å². The van der Waals surface area contributed by atoms with E-state index in [2.05, 4.69) is 0 Å². The predicted molar refractivity (Wildman–Crippen MR) is 72.9 cm³/mol. The highest BCUT2D eigenvalue weighted by Gasteiger charge is 2.21. The quantitative estimate of drug-likeness (QED) is 0.895. The molecule has 110 valence electrons. The normalized spacial score (nSPS) is 16.2. The number of para-hydroxylation sites is 1. The van der Waals surface area contributed by atoms with Crippen molar-refractivity contribution in [2.45, 2.75) is 19.3 Å². The number of carbonyl (C=O) groups is 1. The van der Waals surface area contributed by atoms with E-state index >= 15 is 0 Å². The van der Waals surface area contributed by atoms with Gasteiger partial charge in [-0.15, -0.1) is 0 Å². The molecule has 1 fully saturated rings. The first-order valence-electron chi connectivity index (χ1n) is 6.96. The van der Waals surface area contributed by atoms with Crippen molar-refractivity contribution in [3.8, 4) is 5.75 Å². The van der Waals surface area contributed by atoms with Crippen LogP contribution in [0, 0.1) is 11.7 Å². The maximum absolute atomic E-state index is 13.3. The number of piperidine rings is 1. The molecule has 1 aliphatic heterocycles. The Bertz CT molecular complexity index is 444. The highest BCUT2D eigenvalue weighted by Crippen LogP contribution is 2.18. The SMILES string of the molecule is O=C(CCOc1ccccc1F)N1CCC(CO)CC1. The van der Waals surface area contributed by atoms with E-state index < -0.39 is 5.82 Å². The van der Waals surface area contributed by atoms with Gasteiger partial charge in [0.2, 0.25) is 5.91 Å². The third-order valence-corrected chi connectivity index (χ3v) is 3.64. The van der Waals surface area contributed by atoms with E-state index in [1.54, 1.807) is 23.1 Å². The van der Waals surface area contributed by atoms with E-state index in [-0.39, 0.29) is 31.3 Å². The first-order chi connectivity index (χ1) is 9.70. The van der Waals surface area contributed by atoms with E-state index in [4.69, 9.17) is 9.84 Å². The van der Waals surface area contributed by atoms with Crippen LogP contribution < -0.4 is 4.74 Å². The Morgan fingerprint density at radius 2 is 2.05 bits per heavy atom. The molecule has 20 heavy (non-hydrogen) atoms. The van der Waals surface area contributed by atoms with Gasteiger partial charge in [-0.1, -0.05) is 12.1 Å². The molecule has 1 saturated heterocycles. The zero-order valence-corrected chi connectivity index (χ0v) is 11.4. The molecule has 0 saturated carbocycles. The highest BCUT2D eigenvalue weighted by atomic mass is 19.1. The first kappa shape index (κ1) is 14.8. The summed E-state index contributed by atoms with van der Waals surface area (Å²) in [7, 11) is 0. The maximum Gasteiger partial charge on any atom is 0.225 e. The topological polar surface area (TPSA) is 49.8 Å². The van der Waals surface area contributed by atoms with E-state index in [9.17, 15) is 9.18 Å². The van der Waals surface area contributed by atoms with Crippen molar-refractivity contribution in [2.24, 2.45) is 5.92 Å². The van der Waals surface area contributed by atoms with Crippen molar-refractivity contribution in [3.05, 3.63) is 30.1 Å². The summed E-state index contributed by atoms with van der Waals surface area (Å²) in [5, 5.41) is 9.05. The number of rotatable bonds is 5. The molecule has 0 aliphatic carbocycles. The summed E-state index contributed by atoms with van der Waals surface area (Å²) < 4.78 is 18.6. The number of hydrogen-bond donors (Lipinski definition) is 1. The summed E-state index contributed by atoms with van der Waals surface area (Å²) in [4.78, 5) is 13.7. The van der Waals surface area contributed by atoms with Gasteiger partial charge in [0.1, 0.15) is 0 Å². The van der Waals surface area contributed by atoms with Gasteiger partial charge in [0.05, 0.1) is 13.0 Å². The van der Waals surface area contributed by atoms with Crippen LogP contribution in [0.15, 0.2) is 24.3 Å². The molecule has 1 aliphatic rings. The number of amides is 1. The molecule has 0 aromatic heterocycles. The first-order valence-corrected chi connectivity index (χ1v) is 6.96. The molecule has 0 spiro atoms. The lowest BCUT2D eigenvalue weighted by molar-refractivity contribution is -0.133. The third-order valence-electron chi connectivity index (χ3n) is 3.64. The van der Waals surface area contributed by atoms with Gasteiger partial charge in [-0.25, -0.2) is 4.39 Å². The van der Waals surface area contributed by atoms with Gasteiger partial charge in [-0.3, -0.25) is 4.79 Å². The molecular weight excluding hydrogens is 261 g/mol. The highest BCUT2D eigenvalue weighted by molar-refractivity contribution is 5.76. The molecule has 1 aromatic rings. The standard InChI is InChI=1S/C15H20FNO3/c16-13-3-1-2-4-14(13)20-10-7-15(19)17-8-5-12(11-18)6-9-17/h1-4,12,18H,5-11H2. The number of halogens is 1. The Morgan fingerprint density at radius 1 is 1.35 bits per heavy atom. The monoisotopic (exact) mass is 281 g/mol. The van der Waals surface area contributed by atoms with Gasteiger partial charge in [0, 0.05) is 19.7 Å². The fraction of sp³-hybridized carbons (Fsp3) is 0.533. The van der Waals surface area contributed by atoms with Crippen LogP contribution >= 0.6 is 0 Å². The number of carbonyl (C=O) groups excluding carboxylic acids is 1. The Morgan fingerprint density at radius 3 is 2.70 bits per heavy atom. The lowest BCUT2D eigenvalue weighted by Gasteiger charge is -2.31. The van der Waals surface area contributed by atoms with Gasteiger partial charge in [0.25, 0.3) is 0 Å². The number of aliphatic hydroxyl groups excluding tert-OH is 1. The zero-order valence-electron chi connectivity index (χ0n) is 11.4. The number of likely N-dealkylation sites (tertiary alicyclic amines) is 1. The number of ether oxygens (including phenoxy) is 1. The fourth-order valence-corrected chi connectivity index (χ4v) is 2.33. The molecule has 1 heterocycles. The molecule has 0 bridgehead atoms. The minimum Gasteiger partial charge on any atom is -0.490 e. The summed E-state index contributed by atoms with van der Waals surface area (Å²) in [5.74, 6) is 0.106. The van der Waals surface area contributed by atoms with E-state index in [0.29, 0.717) is 19.0 Å². The summed E-state index contributed by atoms with van der Waals surface area (Å²) >= 11 is 0. The minimum atomic E-state index is -0.413. The van der Waals surface area contributed by atoms with Gasteiger partial charge in [0.15, 0.2) is 11.6 Å². The molecule has 1 N–H and O–H groups in total. The predicted octanol–water partition coefficient (Wildman–Crippen LogP) is 1.83. The Kier molecular flexibility index (Phi) is 5.35. The number of nitrogens with zero attached hydrogens (tertiary/aromatic N) is 1. The minimum absolute atomic E-state index is 0.0257. The van der Waals surface area contributed by atoms with Crippen molar-refractivity contribution in [1.82, 2.24) is 4.90 Å². The smallest absolute Gasteiger partial charge is 0.225 e. The third kappa shape index (κ3) is 3.93. The average molecular weight is 281 g/mol. The number of aliphatic hydroxyl groups is 1. The van der Waals surface area contributed by atoms with Crippen LogP contribution in [0.25, 0.3) is 0 Å². The van der Waals surface area contributed by atoms with Crippen molar-refractivity contribution in [2.75, 3.05) is 26.3 Å². The summed E-state index contributed by atoms with van der Waals surface area (Å²) in [5.41, 5.74) is 0. The van der Waals surface area contributed by atoms with Gasteiger partial charge in [-0.05, 0) is 30.9 Å². The second-order valence-electron chi connectivity index (χ2n) is 5.04. The van der Waals surface area contributed by atoms with Crippen LogP contribution in [0.1, 0.15) is 19.3 Å². The Balaban J connectivity index is 1.72. The van der Waals surface area contributed by atoms with E-state index in [1.165, 1.54) is 6.07 Å². The van der Waals surface area contributed by atoms with E-state index in [0.717, 1.165) is 12.8 Å². The molecule has 2 rings (SSSR count). The molecule has 0 atom stereocenters. The van der Waals surface area contributed by atoms with Crippen LogP contribution in [0.3, 0.4) is 0 Å². The lowest BCUT2D eigenvalue weighted by Crippen LogP contribution is -2.39.